The van der Waals surface area contributed by atoms with E-state index in [2.05, 4.69) is 43.9 Å². The van der Waals surface area contributed by atoms with E-state index in [0.717, 1.165) is 32.1 Å². The Labute approximate surface area is 128 Å². The molecule has 21 heavy (non-hydrogen) atoms. The summed E-state index contributed by atoms with van der Waals surface area (Å²) in [6.45, 7) is 10.8. The fraction of sp³-hybridized carbons (Fsp3) is 0.667. The summed E-state index contributed by atoms with van der Waals surface area (Å²) in [6, 6.07) is 6.67. The number of benzene rings is 1. The van der Waals surface area contributed by atoms with Gasteiger partial charge in [0.1, 0.15) is 5.75 Å². The van der Waals surface area contributed by atoms with Crippen LogP contribution in [0.15, 0.2) is 18.2 Å². The SMILES string of the molecule is COc1cc(C(C)(C)C)ccc1N1CC2(CCOCC2)C1. The minimum absolute atomic E-state index is 0.155. The minimum atomic E-state index is 0.155. The van der Waals surface area contributed by atoms with Crippen molar-refractivity contribution in [1.82, 2.24) is 0 Å². The van der Waals surface area contributed by atoms with Gasteiger partial charge in [-0.05, 0) is 36.0 Å². The first-order valence-corrected chi connectivity index (χ1v) is 7.95. The Kier molecular flexibility index (Phi) is 3.64. The van der Waals surface area contributed by atoms with Gasteiger partial charge in [-0.25, -0.2) is 0 Å². The van der Waals surface area contributed by atoms with E-state index < -0.39 is 0 Å². The summed E-state index contributed by atoms with van der Waals surface area (Å²) in [6.07, 6.45) is 2.40. The maximum atomic E-state index is 5.65. The Bertz CT molecular complexity index is 504. The number of hydrogen-bond donors (Lipinski definition) is 0. The Hall–Kier alpha value is -1.22. The predicted octanol–water partition coefficient (Wildman–Crippen LogP) is 3.61. The average molecular weight is 289 g/mol. The van der Waals surface area contributed by atoms with E-state index in [1.165, 1.54) is 24.1 Å². The van der Waals surface area contributed by atoms with Crippen molar-refractivity contribution >= 4 is 5.69 Å². The fourth-order valence-electron chi connectivity index (χ4n) is 3.46. The first-order valence-electron chi connectivity index (χ1n) is 7.95. The van der Waals surface area contributed by atoms with E-state index in [1.54, 1.807) is 7.11 Å². The Balaban J connectivity index is 1.77. The van der Waals surface area contributed by atoms with E-state index in [-0.39, 0.29) is 5.41 Å². The van der Waals surface area contributed by atoms with Crippen LogP contribution in [0.4, 0.5) is 5.69 Å². The van der Waals surface area contributed by atoms with Gasteiger partial charge in [-0.3, -0.25) is 0 Å². The van der Waals surface area contributed by atoms with Crippen molar-refractivity contribution in [3.8, 4) is 5.75 Å². The maximum absolute atomic E-state index is 5.65. The average Bonchev–Trinajstić information content (AvgIpc) is 2.44. The van der Waals surface area contributed by atoms with Crippen molar-refractivity contribution in [2.45, 2.75) is 39.0 Å². The van der Waals surface area contributed by atoms with Gasteiger partial charge < -0.3 is 14.4 Å². The van der Waals surface area contributed by atoms with Crippen LogP contribution in [0, 0.1) is 5.41 Å². The normalized spacial score (nSPS) is 21.2. The summed E-state index contributed by atoms with van der Waals surface area (Å²) < 4.78 is 11.1. The van der Waals surface area contributed by atoms with Gasteiger partial charge in [0, 0.05) is 31.7 Å². The zero-order valence-electron chi connectivity index (χ0n) is 13.7. The second-order valence-electron chi connectivity index (χ2n) is 7.61. The van der Waals surface area contributed by atoms with Gasteiger partial charge in [-0.1, -0.05) is 26.8 Å². The van der Waals surface area contributed by atoms with E-state index >= 15 is 0 Å². The third-order valence-corrected chi connectivity index (χ3v) is 4.99. The molecule has 0 unspecified atom stereocenters. The van der Waals surface area contributed by atoms with Gasteiger partial charge in [-0.15, -0.1) is 0 Å². The number of hydrogen-bond acceptors (Lipinski definition) is 3. The van der Waals surface area contributed by atoms with Crippen LogP contribution >= 0.6 is 0 Å². The molecular weight excluding hydrogens is 262 g/mol. The third kappa shape index (κ3) is 2.76. The molecule has 0 aliphatic carbocycles. The van der Waals surface area contributed by atoms with E-state index in [9.17, 15) is 0 Å². The standard InChI is InChI=1S/C18H27NO2/c1-17(2,3)14-5-6-15(16(11-14)20-4)19-12-18(13-19)7-9-21-10-8-18/h5-6,11H,7-10,12-13H2,1-4H3. The first kappa shape index (κ1) is 14.7. The largest absolute Gasteiger partial charge is 0.495 e. The summed E-state index contributed by atoms with van der Waals surface area (Å²) in [5, 5.41) is 0. The van der Waals surface area contributed by atoms with Crippen LogP contribution in [-0.4, -0.2) is 33.4 Å². The van der Waals surface area contributed by atoms with Crippen molar-refractivity contribution in [2.75, 3.05) is 38.3 Å². The van der Waals surface area contributed by atoms with Crippen LogP contribution in [-0.2, 0) is 10.2 Å². The Morgan fingerprint density at radius 1 is 1.14 bits per heavy atom. The third-order valence-electron chi connectivity index (χ3n) is 4.99. The first-order chi connectivity index (χ1) is 9.93. The highest BCUT2D eigenvalue weighted by Gasteiger charge is 2.44. The topological polar surface area (TPSA) is 21.7 Å². The molecule has 3 nitrogen and oxygen atoms in total. The molecule has 1 spiro atoms. The molecule has 0 N–H and O–H groups in total. The van der Waals surface area contributed by atoms with Gasteiger partial charge in [0.2, 0.25) is 0 Å². The molecule has 2 fully saturated rings. The van der Waals surface area contributed by atoms with Crippen LogP contribution in [0.5, 0.6) is 5.75 Å². The molecule has 3 rings (SSSR count). The molecule has 2 heterocycles. The maximum Gasteiger partial charge on any atom is 0.142 e. The second kappa shape index (κ2) is 5.20. The molecule has 0 saturated carbocycles. The Morgan fingerprint density at radius 3 is 2.38 bits per heavy atom. The fourth-order valence-corrected chi connectivity index (χ4v) is 3.46. The highest BCUT2D eigenvalue weighted by molar-refractivity contribution is 5.62. The number of nitrogens with zero attached hydrogens (tertiary/aromatic N) is 1. The quantitative estimate of drug-likeness (QED) is 0.830. The van der Waals surface area contributed by atoms with Crippen LogP contribution in [0.3, 0.4) is 0 Å². The van der Waals surface area contributed by atoms with Crippen molar-refractivity contribution in [3.63, 3.8) is 0 Å². The van der Waals surface area contributed by atoms with Gasteiger partial charge in [-0.2, -0.15) is 0 Å². The van der Waals surface area contributed by atoms with Crippen molar-refractivity contribution in [1.29, 1.82) is 0 Å². The molecule has 0 bridgehead atoms. The van der Waals surface area contributed by atoms with Crippen LogP contribution in [0.25, 0.3) is 0 Å². The number of methoxy groups -OCH3 is 1. The summed E-state index contributed by atoms with van der Waals surface area (Å²) in [7, 11) is 1.77. The minimum Gasteiger partial charge on any atom is -0.495 e. The molecule has 0 amide bonds. The van der Waals surface area contributed by atoms with Crippen LogP contribution < -0.4 is 9.64 Å². The molecule has 3 heteroatoms. The zero-order chi connectivity index (χ0) is 15.1. The Morgan fingerprint density at radius 2 is 1.81 bits per heavy atom. The predicted molar refractivity (Wildman–Crippen MR) is 86.4 cm³/mol. The van der Waals surface area contributed by atoms with E-state index in [4.69, 9.17) is 9.47 Å². The van der Waals surface area contributed by atoms with Crippen molar-refractivity contribution < 1.29 is 9.47 Å². The van der Waals surface area contributed by atoms with E-state index in [0.29, 0.717) is 5.41 Å². The van der Waals surface area contributed by atoms with Gasteiger partial charge >= 0.3 is 0 Å². The van der Waals surface area contributed by atoms with Gasteiger partial charge in [0.15, 0.2) is 0 Å². The molecule has 1 aromatic rings. The van der Waals surface area contributed by atoms with E-state index in [1.807, 2.05) is 0 Å². The van der Waals surface area contributed by atoms with Crippen molar-refractivity contribution in [3.05, 3.63) is 23.8 Å². The van der Waals surface area contributed by atoms with Crippen molar-refractivity contribution in [2.24, 2.45) is 5.41 Å². The van der Waals surface area contributed by atoms with Gasteiger partial charge in [0.25, 0.3) is 0 Å². The molecule has 116 valence electrons. The number of rotatable bonds is 2. The summed E-state index contributed by atoms with van der Waals surface area (Å²) >= 11 is 0. The summed E-state index contributed by atoms with van der Waals surface area (Å²) in [5.41, 5.74) is 3.21. The molecule has 0 atom stereocenters. The highest BCUT2D eigenvalue weighted by atomic mass is 16.5. The zero-order valence-corrected chi connectivity index (χ0v) is 13.7. The molecule has 2 aliphatic heterocycles. The molecule has 0 radical (unpaired) electrons. The highest BCUT2D eigenvalue weighted by Crippen LogP contribution is 2.45. The molecular formula is C18H27NO2. The number of ether oxygens (including phenoxy) is 2. The second-order valence-corrected chi connectivity index (χ2v) is 7.61. The smallest absolute Gasteiger partial charge is 0.142 e. The lowest BCUT2D eigenvalue weighted by Gasteiger charge is -2.53. The lowest BCUT2D eigenvalue weighted by atomic mass is 9.73. The number of anilines is 1. The summed E-state index contributed by atoms with van der Waals surface area (Å²) in [5.74, 6) is 1.00. The van der Waals surface area contributed by atoms with Gasteiger partial charge in [0.05, 0.1) is 12.8 Å². The molecule has 2 aliphatic rings. The molecule has 2 saturated heterocycles. The lowest BCUT2D eigenvalue weighted by Crippen LogP contribution is -2.58. The lowest BCUT2D eigenvalue weighted by molar-refractivity contribution is -0.000315. The van der Waals surface area contributed by atoms with Crippen LogP contribution in [0.2, 0.25) is 0 Å². The van der Waals surface area contributed by atoms with Crippen LogP contribution in [0.1, 0.15) is 39.2 Å². The summed E-state index contributed by atoms with van der Waals surface area (Å²) in [4.78, 5) is 2.45. The molecule has 1 aromatic carbocycles. The molecule has 0 aromatic heterocycles. The monoisotopic (exact) mass is 289 g/mol.